The minimum atomic E-state index is -4.80. The van der Waals surface area contributed by atoms with Crippen LogP contribution in [0.3, 0.4) is 0 Å². The van der Waals surface area contributed by atoms with Crippen molar-refractivity contribution in [2.75, 3.05) is 0 Å². The molecule has 282 valence electrons. The van der Waals surface area contributed by atoms with Gasteiger partial charge in [0.05, 0.1) is 45.6 Å². The van der Waals surface area contributed by atoms with Crippen LogP contribution in [0.25, 0.3) is 111 Å². The molecule has 0 aliphatic heterocycles. The minimum Gasteiger partial charge on any atom is -0.307 e. The molecule has 12 rings (SSSR count). The average Bonchev–Trinajstić information content (AvgIpc) is 4.02. The molecular weight excluding hydrogens is 790 g/mol. The fourth-order valence-electron chi connectivity index (χ4n) is 9.48. The van der Waals surface area contributed by atoms with Crippen LogP contribution < -0.4 is 0 Å². The van der Waals surface area contributed by atoms with Crippen LogP contribution in [0, 0.1) is 17.9 Å². The molecule has 0 aliphatic carbocycles. The quantitative estimate of drug-likeness (QED) is 0.164. The molecule has 0 radical (unpaired) electrons. The maximum absolute atomic E-state index is 15.3. The molecule has 0 amide bonds. The summed E-state index contributed by atoms with van der Waals surface area (Å²) in [6.07, 6.45) is -4.80. The Balaban J connectivity index is 1.34. The smallest absolute Gasteiger partial charge is 0.307 e. The van der Waals surface area contributed by atoms with Crippen LogP contribution in [-0.2, 0) is 6.18 Å². The van der Waals surface area contributed by atoms with Gasteiger partial charge in [-0.3, -0.25) is 0 Å². The zero-order chi connectivity index (χ0) is 40.4. The second-order valence-corrected chi connectivity index (χ2v) is 17.0. The molecule has 0 fully saturated rings. The topological polar surface area (TPSA) is 38.0 Å². The maximum atomic E-state index is 15.3. The number of benzene rings is 8. The lowest BCUT2D eigenvalue weighted by Gasteiger charge is -2.23. The van der Waals surface area contributed by atoms with Gasteiger partial charge in [-0.25, -0.2) is 4.85 Å². The first-order chi connectivity index (χ1) is 29.4. The van der Waals surface area contributed by atoms with Gasteiger partial charge in [-0.05, 0) is 48.0 Å². The van der Waals surface area contributed by atoms with Crippen LogP contribution >= 0.6 is 22.7 Å². The lowest BCUT2D eigenvalue weighted by atomic mass is 9.92. The summed E-state index contributed by atoms with van der Waals surface area (Å²) in [4.78, 5) is 3.67. The first kappa shape index (κ1) is 34.6. The molecule has 0 saturated carbocycles. The zero-order valence-corrected chi connectivity index (χ0v) is 32.8. The van der Waals surface area contributed by atoms with E-state index in [-0.39, 0.29) is 28.1 Å². The van der Waals surface area contributed by atoms with Crippen molar-refractivity contribution >= 4 is 112 Å². The summed E-state index contributed by atoms with van der Waals surface area (Å²) in [5.41, 5.74) is 3.03. The number of thiophene rings is 2. The number of aromatic nitrogens is 2. The number of nitrogens with zero attached hydrogens (tertiary/aromatic N) is 4. The molecule has 4 heterocycles. The highest BCUT2D eigenvalue weighted by Crippen LogP contribution is 2.51. The molecule has 8 aromatic carbocycles. The van der Waals surface area contributed by atoms with E-state index in [0.717, 1.165) is 90.0 Å². The highest BCUT2D eigenvalue weighted by Gasteiger charge is 2.37. The summed E-state index contributed by atoms with van der Waals surface area (Å²) in [6, 6.07) is 50.5. The van der Waals surface area contributed by atoms with E-state index < -0.39 is 11.7 Å². The second-order valence-electron chi connectivity index (χ2n) is 14.8. The minimum absolute atomic E-state index is 0.139. The number of hydrogen-bond acceptors (Lipinski definition) is 3. The molecule has 0 unspecified atom stereocenters. The average molecular weight is 815 g/mol. The largest absolute Gasteiger partial charge is 0.415 e. The molecule has 0 atom stereocenters. The normalized spacial score (nSPS) is 12.2. The molecule has 0 N–H and O–H groups in total. The fourth-order valence-corrected chi connectivity index (χ4v) is 11.7. The Morgan fingerprint density at radius 1 is 0.533 bits per heavy atom. The van der Waals surface area contributed by atoms with E-state index in [9.17, 15) is 5.26 Å². The zero-order valence-electron chi connectivity index (χ0n) is 31.2. The van der Waals surface area contributed by atoms with Gasteiger partial charge in [0, 0.05) is 67.5 Å². The number of fused-ring (bicyclic) bond motifs is 14. The van der Waals surface area contributed by atoms with Crippen LogP contribution in [0.4, 0.5) is 18.9 Å². The monoisotopic (exact) mass is 814 g/mol. The molecule has 9 heteroatoms. The molecule has 0 saturated heterocycles. The Morgan fingerprint density at radius 3 is 1.63 bits per heavy atom. The fraction of sp³-hybridized carbons (Fsp3) is 0.0196. The number of hydrogen-bond donors (Lipinski definition) is 0. The van der Waals surface area contributed by atoms with Crippen LogP contribution in [0.15, 0.2) is 152 Å². The lowest BCUT2D eigenvalue weighted by molar-refractivity contribution is -0.137. The summed E-state index contributed by atoms with van der Waals surface area (Å²) in [5.74, 6) is 0. The van der Waals surface area contributed by atoms with Crippen molar-refractivity contribution in [1.82, 2.24) is 9.13 Å². The second kappa shape index (κ2) is 12.5. The molecule has 0 aliphatic rings. The molecule has 0 spiro atoms. The van der Waals surface area contributed by atoms with E-state index >= 15 is 13.2 Å². The van der Waals surface area contributed by atoms with Gasteiger partial charge in [-0.1, -0.05) is 109 Å². The van der Waals surface area contributed by atoms with Crippen molar-refractivity contribution in [1.29, 1.82) is 5.26 Å². The van der Waals surface area contributed by atoms with Crippen LogP contribution in [0.5, 0.6) is 0 Å². The van der Waals surface area contributed by atoms with E-state index in [1.807, 2.05) is 71.3 Å². The van der Waals surface area contributed by atoms with Gasteiger partial charge < -0.3 is 9.13 Å². The van der Waals surface area contributed by atoms with E-state index in [2.05, 4.69) is 70.1 Å². The third-order valence-corrected chi connectivity index (χ3v) is 14.1. The first-order valence-electron chi connectivity index (χ1n) is 19.2. The number of alkyl halides is 3. The molecule has 4 nitrogen and oxygen atoms in total. The Morgan fingerprint density at radius 2 is 1.07 bits per heavy atom. The van der Waals surface area contributed by atoms with Crippen molar-refractivity contribution in [2.45, 2.75) is 6.18 Å². The molecule has 4 aromatic heterocycles. The molecular formula is C51H25F3N4S2. The van der Waals surface area contributed by atoms with E-state index in [1.54, 1.807) is 34.8 Å². The predicted octanol–water partition coefficient (Wildman–Crippen LogP) is 15.7. The van der Waals surface area contributed by atoms with Gasteiger partial charge in [0.25, 0.3) is 0 Å². The van der Waals surface area contributed by atoms with E-state index in [1.165, 1.54) is 12.1 Å². The summed E-state index contributed by atoms with van der Waals surface area (Å²) in [6.45, 7) is 8.17. The van der Waals surface area contributed by atoms with Crippen molar-refractivity contribution in [3.8, 4) is 28.6 Å². The van der Waals surface area contributed by atoms with E-state index in [0.29, 0.717) is 5.69 Å². The standard InChI is InChI=1S/C51H25F3N4S2/c1-56-37-16-10-15-36(51(52,53)54)45(37)34-21-24-40(57-38-17-6-2-11-28(38)30-22-25-43-46(49(30)57)32-13-4-8-19-41(32)59-43)35(27-55)48(34)58-39-18-7-3-12-29(39)31-23-26-44-47(50(31)58)33-14-5-9-20-42(33)60-44/h2-26H. The molecule has 0 bridgehead atoms. The van der Waals surface area contributed by atoms with Gasteiger partial charge in [-0.2, -0.15) is 18.4 Å². The Labute approximate surface area is 347 Å². The van der Waals surface area contributed by atoms with Gasteiger partial charge in [0.2, 0.25) is 0 Å². The van der Waals surface area contributed by atoms with Crippen LogP contribution in [0.1, 0.15) is 11.1 Å². The lowest BCUT2D eigenvalue weighted by Crippen LogP contribution is -2.10. The summed E-state index contributed by atoms with van der Waals surface area (Å²) in [7, 11) is 0. The van der Waals surface area contributed by atoms with Crippen LogP contribution in [-0.4, -0.2) is 9.13 Å². The van der Waals surface area contributed by atoms with Gasteiger partial charge in [0.1, 0.15) is 11.6 Å². The third kappa shape index (κ3) is 4.64. The number of rotatable bonds is 3. The SMILES string of the molecule is [C-]#[N+]c1cccc(C(F)(F)F)c1-c1ccc(-n2c3ccccc3c3ccc4sc5ccccc5c4c32)c(C#N)c1-n1c2ccccc2c2ccc3sc4ccccc4c3c21. The van der Waals surface area contributed by atoms with Crippen molar-refractivity contribution in [3.05, 3.63) is 174 Å². The number of nitriles is 1. The number of halogens is 3. The maximum Gasteiger partial charge on any atom is 0.415 e. The number of para-hydroxylation sites is 2. The highest BCUT2D eigenvalue weighted by atomic mass is 32.1. The van der Waals surface area contributed by atoms with Crippen molar-refractivity contribution in [2.24, 2.45) is 0 Å². The Kier molecular flexibility index (Phi) is 7.23. The van der Waals surface area contributed by atoms with Gasteiger partial charge >= 0.3 is 6.18 Å². The van der Waals surface area contributed by atoms with Crippen LogP contribution in [0.2, 0.25) is 0 Å². The molecule has 12 aromatic rings. The Hall–Kier alpha value is -7.43. The Bertz CT molecular complexity index is 3920. The third-order valence-electron chi connectivity index (χ3n) is 11.8. The van der Waals surface area contributed by atoms with Crippen molar-refractivity contribution in [3.63, 3.8) is 0 Å². The summed E-state index contributed by atoms with van der Waals surface area (Å²) >= 11 is 3.35. The highest BCUT2D eigenvalue weighted by molar-refractivity contribution is 7.26. The van der Waals surface area contributed by atoms with Gasteiger partial charge in [0.15, 0.2) is 5.69 Å². The summed E-state index contributed by atoms with van der Waals surface area (Å²) in [5, 5.41) is 19.6. The van der Waals surface area contributed by atoms with E-state index in [4.69, 9.17) is 6.57 Å². The van der Waals surface area contributed by atoms with Crippen molar-refractivity contribution < 1.29 is 13.2 Å². The predicted molar refractivity (Wildman–Crippen MR) is 242 cm³/mol. The first-order valence-corrected chi connectivity index (χ1v) is 20.8. The summed E-state index contributed by atoms with van der Waals surface area (Å²) < 4.78 is 54.2. The van der Waals surface area contributed by atoms with Gasteiger partial charge in [-0.15, -0.1) is 22.7 Å². The molecule has 60 heavy (non-hydrogen) atoms.